The Morgan fingerprint density at radius 2 is 1.95 bits per heavy atom. The van der Waals surface area contributed by atoms with Crippen molar-refractivity contribution in [3.8, 4) is 0 Å². The van der Waals surface area contributed by atoms with Crippen molar-refractivity contribution in [1.82, 2.24) is 9.88 Å². The Hall–Kier alpha value is -1.81. The Balaban J connectivity index is 1.78. The van der Waals surface area contributed by atoms with Gasteiger partial charge in [-0.2, -0.15) is 0 Å². The fourth-order valence-electron chi connectivity index (χ4n) is 3.03. The lowest BCUT2D eigenvalue weighted by Gasteiger charge is -2.33. The zero-order valence-electron chi connectivity index (χ0n) is 12.9. The zero-order chi connectivity index (χ0) is 15.7. The van der Waals surface area contributed by atoms with Crippen LogP contribution < -0.4 is 4.90 Å². The largest absolute Gasteiger partial charge is 0.357 e. The van der Waals surface area contributed by atoms with Crippen LogP contribution in [0.1, 0.15) is 12.8 Å². The normalized spacial score (nSPS) is 16.0. The molecule has 3 rings (SSSR count). The number of fused-ring (bicyclic) bond motifs is 1. The smallest absolute Gasteiger partial charge is 0.225 e. The van der Waals surface area contributed by atoms with Crippen LogP contribution in [-0.4, -0.2) is 43.0 Å². The molecule has 0 aliphatic carbocycles. The summed E-state index contributed by atoms with van der Waals surface area (Å²) >= 11 is 6.30. The first kappa shape index (κ1) is 15.1. The first-order valence-corrected chi connectivity index (χ1v) is 7.95. The van der Waals surface area contributed by atoms with Gasteiger partial charge in [0.05, 0.1) is 0 Å². The van der Waals surface area contributed by atoms with E-state index < -0.39 is 0 Å². The number of aromatic nitrogens is 1. The van der Waals surface area contributed by atoms with Gasteiger partial charge in [0, 0.05) is 38.5 Å². The molecule has 0 spiro atoms. The molecule has 1 aliphatic heterocycles. The highest BCUT2D eigenvalue weighted by atomic mass is 35.5. The molecule has 1 aliphatic rings. The first-order chi connectivity index (χ1) is 10.6. The third kappa shape index (κ3) is 2.88. The van der Waals surface area contributed by atoms with E-state index in [-0.39, 0.29) is 11.8 Å². The molecule has 0 saturated carbocycles. The minimum atomic E-state index is 0.127. The predicted octanol–water partition coefficient (Wildman–Crippen LogP) is 3.19. The number of halogens is 1. The fourth-order valence-corrected chi connectivity index (χ4v) is 3.28. The van der Waals surface area contributed by atoms with Crippen LogP contribution in [0.25, 0.3) is 10.8 Å². The van der Waals surface area contributed by atoms with Gasteiger partial charge in [-0.25, -0.2) is 4.98 Å². The molecule has 1 aromatic heterocycles. The van der Waals surface area contributed by atoms with Crippen LogP contribution in [0.5, 0.6) is 0 Å². The average molecular weight is 318 g/mol. The Kier molecular flexibility index (Phi) is 4.21. The van der Waals surface area contributed by atoms with E-state index in [2.05, 4.69) is 22.0 Å². The van der Waals surface area contributed by atoms with E-state index in [1.165, 1.54) is 0 Å². The van der Waals surface area contributed by atoms with Crippen LogP contribution >= 0.6 is 11.6 Å². The van der Waals surface area contributed by atoms with Crippen molar-refractivity contribution in [3.63, 3.8) is 0 Å². The highest BCUT2D eigenvalue weighted by molar-refractivity contribution is 6.34. The van der Waals surface area contributed by atoms with Crippen molar-refractivity contribution < 1.29 is 4.79 Å². The molecule has 4 nitrogen and oxygen atoms in total. The molecule has 0 N–H and O–H groups in total. The van der Waals surface area contributed by atoms with Gasteiger partial charge >= 0.3 is 0 Å². The number of anilines is 1. The van der Waals surface area contributed by atoms with E-state index in [4.69, 9.17) is 11.6 Å². The van der Waals surface area contributed by atoms with Crippen LogP contribution in [0.4, 0.5) is 5.82 Å². The van der Waals surface area contributed by atoms with Gasteiger partial charge in [-0.3, -0.25) is 4.79 Å². The maximum Gasteiger partial charge on any atom is 0.225 e. The number of nitrogens with zero attached hydrogens (tertiary/aromatic N) is 3. The molecule has 1 saturated heterocycles. The van der Waals surface area contributed by atoms with Crippen molar-refractivity contribution >= 4 is 34.1 Å². The molecular formula is C17H20ClN3O. The summed E-state index contributed by atoms with van der Waals surface area (Å²) in [7, 11) is 3.64. The highest BCUT2D eigenvalue weighted by Crippen LogP contribution is 2.29. The summed E-state index contributed by atoms with van der Waals surface area (Å²) in [6, 6.07) is 10.1. The minimum Gasteiger partial charge on any atom is -0.357 e. The lowest BCUT2D eigenvalue weighted by Crippen LogP contribution is -2.40. The number of carbonyl (C=O) groups excluding carboxylic acids is 1. The molecule has 5 heteroatoms. The van der Waals surface area contributed by atoms with Crippen LogP contribution in [0, 0.1) is 5.92 Å². The first-order valence-electron chi connectivity index (χ1n) is 7.57. The third-order valence-corrected chi connectivity index (χ3v) is 4.58. The summed E-state index contributed by atoms with van der Waals surface area (Å²) < 4.78 is 0. The number of rotatable bonds is 2. The molecule has 0 radical (unpaired) electrons. The maximum atomic E-state index is 12.0. The van der Waals surface area contributed by atoms with Crippen molar-refractivity contribution in [2.24, 2.45) is 5.92 Å². The summed E-state index contributed by atoms with van der Waals surface area (Å²) in [5.41, 5.74) is 0. The van der Waals surface area contributed by atoms with E-state index in [0.717, 1.165) is 42.5 Å². The number of hydrogen-bond donors (Lipinski definition) is 0. The topological polar surface area (TPSA) is 36.4 Å². The van der Waals surface area contributed by atoms with Gasteiger partial charge in [-0.1, -0.05) is 35.9 Å². The quantitative estimate of drug-likeness (QED) is 0.798. The standard InChI is InChI=1S/C17H20ClN3O/c1-20(2)17(22)12-7-9-21(10-8-12)15-11-13-5-3-4-6-14(13)16(18)19-15/h3-6,11-12H,7-10H2,1-2H3. The Morgan fingerprint density at radius 1 is 1.27 bits per heavy atom. The Labute approximate surface area is 135 Å². The number of amides is 1. The summed E-state index contributed by atoms with van der Waals surface area (Å²) in [5.74, 6) is 1.26. The molecule has 116 valence electrons. The number of carbonyl (C=O) groups is 1. The van der Waals surface area contributed by atoms with E-state index in [0.29, 0.717) is 5.15 Å². The van der Waals surface area contributed by atoms with Crippen molar-refractivity contribution in [2.45, 2.75) is 12.8 Å². The lowest BCUT2D eigenvalue weighted by molar-refractivity contribution is -0.133. The summed E-state index contributed by atoms with van der Waals surface area (Å²) in [6.07, 6.45) is 1.73. The van der Waals surface area contributed by atoms with Crippen molar-refractivity contribution in [2.75, 3.05) is 32.1 Å². The van der Waals surface area contributed by atoms with Crippen LogP contribution in [-0.2, 0) is 4.79 Å². The van der Waals surface area contributed by atoms with Gasteiger partial charge in [0.2, 0.25) is 5.91 Å². The molecule has 2 aromatic rings. The van der Waals surface area contributed by atoms with Crippen LogP contribution in [0.3, 0.4) is 0 Å². The number of hydrogen-bond acceptors (Lipinski definition) is 3. The van der Waals surface area contributed by atoms with Gasteiger partial charge in [-0.15, -0.1) is 0 Å². The Morgan fingerprint density at radius 3 is 2.64 bits per heavy atom. The predicted molar refractivity (Wildman–Crippen MR) is 90.4 cm³/mol. The van der Waals surface area contributed by atoms with Crippen LogP contribution in [0.15, 0.2) is 30.3 Å². The molecule has 1 fully saturated rings. The minimum absolute atomic E-state index is 0.127. The molecule has 1 amide bonds. The average Bonchev–Trinajstić information content (AvgIpc) is 2.54. The summed E-state index contributed by atoms with van der Waals surface area (Å²) in [6.45, 7) is 1.68. The van der Waals surface area contributed by atoms with Crippen LogP contribution in [0.2, 0.25) is 5.15 Å². The maximum absolute atomic E-state index is 12.0. The van der Waals surface area contributed by atoms with Gasteiger partial charge in [0.1, 0.15) is 11.0 Å². The van der Waals surface area contributed by atoms with Gasteiger partial charge in [-0.05, 0) is 24.3 Å². The Bertz CT molecular complexity index is 693. The number of piperidine rings is 1. The third-order valence-electron chi connectivity index (χ3n) is 4.29. The highest BCUT2D eigenvalue weighted by Gasteiger charge is 2.26. The second kappa shape index (κ2) is 6.13. The molecule has 22 heavy (non-hydrogen) atoms. The van der Waals surface area contributed by atoms with Gasteiger partial charge in [0.15, 0.2) is 0 Å². The van der Waals surface area contributed by atoms with Gasteiger partial charge < -0.3 is 9.80 Å². The molecule has 1 aromatic carbocycles. The van der Waals surface area contributed by atoms with Gasteiger partial charge in [0.25, 0.3) is 0 Å². The van der Waals surface area contributed by atoms with E-state index in [9.17, 15) is 4.79 Å². The molecular weight excluding hydrogens is 298 g/mol. The summed E-state index contributed by atoms with van der Waals surface area (Å²) in [5, 5.41) is 2.62. The SMILES string of the molecule is CN(C)C(=O)C1CCN(c2cc3ccccc3c(Cl)n2)CC1. The zero-order valence-corrected chi connectivity index (χ0v) is 13.7. The van der Waals surface area contributed by atoms with E-state index in [1.54, 1.807) is 4.90 Å². The molecule has 0 atom stereocenters. The second-order valence-electron chi connectivity index (χ2n) is 5.99. The van der Waals surface area contributed by atoms with E-state index in [1.807, 2.05) is 32.3 Å². The second-order valence-corrected chi connectivity index (χ2v) is 6.34. The fraction of sp³-hybridized carbons (Fsp3) is 0.412. The molecule has 0 unspecified atom stereocenters. The van der Waals surface area contributed by atoms with E-state index >= 15 is 0 Å². The lowest BCUT2D eigenvalue weighted by atomic mass is 9.95. The number of pyridine rings is 1. The monoisotopic (exact) mass is 317 g/mol. The molecule has 0 bridgehead atoms. The van der Waals surface area contributed by atoms with Crippen molar-refractivity contribution in [1.29, 1.82) is 0 Å². The molecule has 2 heterocycles. The number of benzene rings is 1. The van der Waals surface area contributed by atoms with Crippen molar-refractivity contribution in [3.05, 3.63) is 35.5 Å². The summed E-state index contributed by atoms with van der Waals surface area (Å²) in [4.78, 5) is 20.5.